The predicted molar refractivity (Wildman–Crippen MR) is 65.1 cm³/mol. The van der Waals surface area contributed by atoms with Gasteiger partial charge in [-0.2, -0.15) is 5.26 Å². The zero-order valence-corrected chi connectivity index (χ0v) is 9.69. The molecule has 1 heterocycles. The lowest BCUT2D eigenvalue weighted by Crippen LogP contribution is -2.36. The molecule has 0 amide bonds. The van der Waals surface area contributed by atoms with Crippen molar-refractivity contribution in [1.29, 1.82) is 5.26 Å². The fourth-order valence-corrected chi connectivity index (χ4v) is 2.25. The molecule has 1 aliphatic rings. The third-order valence-electron chi connectivity index (χ3n) is 3.32. The Kier molecular flexibility index (Phi) is 3.60. The molecule has 17 heavy (non-hydrogen) atoms. The monoisotopic (exact) mass is 233 g/mol. The number of halogens is 1. The molecule has 0 radical (unpaired) electrons. The van der Waals surface area contributed by atoms with Crippen molar-refractivity contribution in [3.8, 4) is 6.07 Å². The summed E-state index contributed by atoms with van der Waals surface area (Å²) in [7, 11) is 0. The highest BCUT2D eigenvalue weighted by Crippen LogP contribution is 2.24. The predicted octanol–water partition coefficient (Wildman–Crippen LogP) is 1.87. The van der Waals surface area contributed by atoms with E-state index in [4.69, 9.17) is 11.0 Å². The van der Waals surface area contributed by atoms with E-state index < -0.39 is 0 Å². The van der Waals surface area contributed by atoms with E-state index in [0.717, 1.165) is 38.2 Å². The smallest absolute Gasteiger partial charge is 0.126 e. The minimum absolute atomic E-state index is 0.347. The molecule has 0 atom stereocenters. The Morgan fingerprint density at radius 1 is 1.35 bits per heavy atom. The van der Waals surface area contributed by atoms with Crippen molar-refractivity contribution in [3.05, 3.63) is 29.6 Å². The number of hydrogen-bond donors (Lipinski definition) is 1. The first-order chi connectivity index (χ1) is 8.22. The second-order valence-corrected chi connectivity index (χ2v) is 4.48. The zero-order valence-electron chi connectivity index (χ0n) is 9.69. The molecular weight excluding hydrogens is 217 g/mol. The number of nitrogens with zero attached hydrogens (tertiary/aromatic N) is 2. The summed E-state index contributed by atoms with van der Waals surface area (Å²) in [6.07, 6.45) is 2.07. The van der Waals surface area contributed by atoms with E-state index in [9.17, 15) is 4.39 Å². The summed E-state index contributed by atoms with van der Waals surface area (Å²) in [4.78, 5) is 2.12. The lowest BCUT2D eigenvalue weighted by atomic mass is 9.96. The molecule has 4 heteroatoms. The van der Waals surface area contributed by atoms with Crippen LogP contribution in [0.25, 0.3) is 0 Å². The summed E-state index contributed by atoms with van der Waals surface area (Å²) in [6.45, 7) is 2.49. The van der Waals surface area contributed by atoms with Crippen LogP contribution in [0.4, 0.5) is 10.1 Å². The second kappa shape index (κ2) is 5.15. The van der Waals surface area contributed by atoms with Gasteiger partial charge in [-0.1, -0.05) is 0 Å². The van der Waals surface area contributed by atoms with Gasteiger partial charge in [-0.3, -0.25) is 0 Å². The number of nitrogens with two attached hydrogens (primary N) is 1. The Morgan fingerprint density at radius 3 is 2.65 bits per heavy atom. The van der Waals surface area contributed by atoms with Crippen LogP contribution in [0.15, 0.2) is 18.2 Å². The van der Waals surface area contributed by atoms with Gasteiger partial charge < -0.3 is 10.6 Å². The van der Waals surface area contributed by atoms with Crippen LogP contribution in [0.1, 0.15) is 18.4 Å². The van der Waals surface area contributed by atoms with Gasteiger partial charge in [-0.25, -0.2) is 4.39 Å². The van der Waals surface area contributed by atoms with Crippen LogP contribution < -0.4 is 10.6 Å². The number of benzene rings is 1. The van der Waals surface area contributed by atoms with E-state index >= 15 is 0 Å². The molecule has 2 N–H and O–H groups in total. The Bertz CT molecular complexity index is 431. The molecule has 0 unspecified atom stereocenters. The van der Waals surface area contributed by atoms with Crippen LogP contribution >= 0.6 is 0 Å². The molecule has 0 saturated carbocycles. The maximum absolute atomic E-state index is 13.3. The average Bonchev–Trinajstić information content (AvgIpc) is 2.38. The number of rotatable bonds is 2. The molecule has 90 valence electrons. The third kappa shape index (κ3) is 2.75. The van der Waals surface area contributed by atoms with Crippen LogP contribution in [0.2, 0.25) is 0 Å². The minimum Gasteiger partial charge on any atom is -0.371 e. The van der Waals surface area contributed by atoms with Gasteiger partial charge in [0.25, 0.3) is 0 Å². The molecule has 1 fully saturated rings. The van der Waals surface area contributed by atoms with Crippen molar-refractivity contribution in [2.24, 2.45) is 11.7 Å². The number of nitriles is 1. The normalized spacial score (nSPS) is 16.9. The van der Waals surface area contributed by atoms with E-state index in [1.807, 2.05) is 6.07 Å². The van der Waals surface area contributed by atoms with Gasteiger partial charge >= 0.3 is 0 Å². The molecule has 1 aromatic carbocycles. The van der Waals surface area contributed by atoms with Gasteiger partial charge in [0.05, 0.1) is 11.6 Å². The van der Waals surface area contributed by atoms with Gasteiger partial charge in [0.1, 0.15) is 5.82 Å². The Hall–Kier alpha value is -1.60. The first-order valence-corrected chi connectivity index (χ1v) is 5.88. The molecule has 0 aromatic heterocycles. The summed E-state index contributed by atoms with van der Waals surface area (Å²) in [6, 6.07) is 6.47. The summed E-state index contributed by atoms with van der Waals surface area (Å²) in [5.74, 6) is 0.232. The van der Waals surface area contributed by atoms with E-state index in [0.29, 0.717) is 11.5 Å². The van der Waals surface area contributed by atoms with Gasteiger partial charge in [-0.05, 0) is 43.5 Å². The molecule has 1 aromatic rings. The molecule has 1 saturated heterocycles. The Balaban J connectivity index is 2.13. The maximum Gasteiger partial charge on any atom is 0.126 e. The molecule has 1 aliphatic heterocycles. The van der Waals surface area contributed by atoms with Crippen LogP contribution in [0, 0.1) is 23.1 Å². The topological polar surface area (TPSA) is 53.0 Å². The molecule has 0 bridgehead atoms. The summed E-state index contributed by atoms with van der Waals surface area (Å²) < 4.78 is 13.3. The number of hydrogen-bond acceptors (Lipinski definition) is 3. The lowest BCUT2D eigenvalue weighted by Gasteiger charge is -2.33. The summed E-state index contributed by atoms with van der Waals surface area (Å²) in [5, 5.41) is 8.81. The zero-order chi connectivity index (χ0) is 12.3. The fourth-order valence-electron chi connectivity index (χ4n) is 2.25. The van der Waals surface area contributed by atoms with E-state index in [-0.39, 0.29) is 5.82 Å². The van der Waals surface area contributed by atoms with Crippen molar-refractivity contribution >= 4 is 5.69 Å². The van der Waals surface area contributed by atoms with Crippen molar-refractivity contribution in [2.45, 2.75) is 12.8 Å². The third-order valence-corrected chi connectivity index (χ3v) is 3.32. The lowest BCUT2D eigenvalue weighted by molar-refractivity contribution is 0.414. The quantitative estimate of drug-likeness (QED) is 0.848. The van der Waals surface area contributed by atoms with E-state index in [1.165, 1.54) is 12.1 Å². The maximum atomic E-state index is 13.3. The highest BCUT2D eigenvalue weighted by molar-refractivity contribution is 5.52. The Labute approximate surface area is 101 Å². The largest absolute Gasteiger partial charge is 0.371 e. The molecular formula is C13H16FN3. The molecule has 0 aliphatic carbocycles. The van der Waals surface area contributed by atoms with Gasteiger partial charge in [0, 0.05) is 18.8 Å². The number of piperidine rings is 1. The first kappa shape index (κ1) is 11.9. The van der Waals surface area contributed by atoms with Crippen LogP contribution in [0.3, 0.4) is 0 Å². The van der Waals surface area contributed by atoms with Crippen LogP contribution in [-0.2, 0) is 0 Å². The molecule has 2 rings (SSSR count). The standard InChI is InChI=1S/C13H16FN3/c14-12-5-11(9-16)6-13(7-12)17-3-1-10(8-15)2-4-17/h5-7,10H,1-4,8,15H2. The highest BCUT2D eigenvalue weighted by atomic mass is 19.1. The van der Waals surface area contributed by atoms with E-state index in [2.05, 4.69) is 4.90 Å². The minimum atomic E-state index is -0.347. The van der Waals surface area contributed by atoms with Crippen LogP contribution in [0.5, 0.6) is 0 Å². The fraction of sp³-hybridized carbons (Fsp3) is 0.462. The van der Waals surface area contributed by atoms with Crippen molar-refractivity contribution in [1.82, 2.24) is 0 Å². The summed E-state index contributed by atoms with van der Waals surface area (Å²) >= 11 is 0. The van der Waals surface area contributed by atoms with Crippen molar-refractivity contribution in [3.63, 3.8) is 0 Å². The SMILES string of the molecule is N#Cc1cc(F)cc(N2CCC(CN)CC2)c1. The molecule has 3 nitrogen and oxygen atoms in total. The van der Waals surface area contributed by atoms with Crippen LogP contribution in [-0.4, -0.2) is 19.6 Å². The number of anilines is 1. The average molecular weight is 233 g/mol. The molecule has 0 spiro atoms. The first-order valence-electron chi connectivity index (χ1n) is 5.88. The second-order valence-electron chi connectivity index (χ2n) is 4.48. The van der Waals surface area contributed by atoms with Crippen molar-refractivity contribution < 1.29 is 4.39 Å². The van der Waals surface area contributed by atoms with Gasteiger partial charge in [0.2, 0.25) is 0 Å². The van der Waals surface area contributed by atoms with Crippen molar-refractivity contribution in [2.75, 3.05) is 24.5 Å². The van der Waals surface area contributed by atoms with Gasteiger partial charge in [0.15, 0.2) is 0 Å². The van der Waals surface area contributed by atoms with Gasteiger partial charge in [-0.15, -0.1) is 0 Å². The Morgan fingerprint density at radius 2 is 2.06 bits per heavy atom. The highest BCUT2D eigenvalue weighted by Gasteiger charge is 2.18. The summed E-state index contributed by atoms with van der Waals surface area (Å²) in [5.41, 5.74) is 6.81. The van der Waals surface area contributed by atoms with E-state index in [1.54, 1.807) is 6.07 Å².